The minimum atomic E-state index is 0.735. The van der Waals surface area contributed by atoms with E-state index in [2.05, 4.69) is 42.4 Å². The summed E-state index contributed by atoms with van der Waals surface area (Å²) in [7, 11) is 4.21. The van der Waals surface area contributed by atoms with Gasteiger partial charge in [0.15, 0.2) is 0 Å². The molecular weight excluding hydrogens is 234 g/mol. The molecule has 1 saturated carbocycles. The predicted octanol–water partition coefficient (Wildman–Crippen LogP) is 2.81. The van der Waals surface area contributed by atoms with Crippen molar-refractivity contribution in [3.63, 3.8) is 0 Å². The average Bonchev–Trinajstić information content (AvgIpc) is 2.39. The van der Waals surface area contributed by atoms with Crippen LogP contribution in [0, 0.1) is 5.92 Å². The Hall–Kier alpha value is -0.930. The number of hydrogen-bond acceptors (Lipinski definition) is 3. The molecule has 0 aliphatic heterocycles. The van der Waals surface area contributed by atoms with Crippen LogP contribution in [0.5, 0.6) is 0 Å². The second-order valence-electron chi connectivity index (χ2n) is 5.99. The van der Waals surface area contributed by atoms with Crippen LogP contribution in [0.4, 0.5) is 0 Å². The van der Waals surface area contributed by atoms with Crippen molar-refractivity contribution in [3.8, 4) is 0 Å². The smallest absolute Gasteiger partial charge is 0.0547 e. The van der Waals surface area contributed by atoms with Gasteiger partial charge in [-0.1, -0.05) is 25.8 Å². The summed E-state index contributed by atoms with van der Waals surface area (Å²) in [4.78, 5) is 7.20. The SMILES string of the molecule is CNCc1cccc(CN(C)C2CCCC(C)C2)n1. The first-order valence-electron chi connectivity index (χ1n) is 7.48. The Kier molecular flexibility index (Phi) is 5.34. The van der Waals surface area contributed by atoms with Gasteiger partial charge in [-0.15, -0.1) is 0 Å². The Morgan fingerprint density at radius 3 is 2.84 bits per heavy atom. The fourth-order valence-electron chi connectivity index (χ4n) is 3.08. The van der Waals surface area contributed by atoms with Gasteiger partial charge < -0.3 is 5.32 Å². The largest absolute Gasteiger partial charge is 0.314 e. The molecule has 2 unspecified atom stereocenters. The molecule has 1 fully saturated rings. The summed E-state index contributed by atoms with van der Waals surface area (Å²) in [5.74, 6) is 0.879. The Labute approximate surface area is 117 Å². The van der Waals surface area contributed by atoms with E-state index in [0.717, 1.165) is 30.7 Å². The molecule has 1 aliphatic rings. The van der Waals surface area contributed by atoms with Gasteiger partial charge >= 0.3 is 0 Å². The highest BCUT2D eigenvalue weighted by atomic mass is 15.1. The van der Waals surface area contributed by atoms with Crippen molar-refractivity contribution in [2.24, 2.45) is 5.92 Å². The van der Waals surface area contributed by atoms with E-state index in [1.807, 2.05) is 7.05 Å². The average molecular weight is 261 g/mol. The van der Waals surface area contributed by atoms with Crippen LogP contribution in [0.15, 0.2) is 18.2 Å². The zero-order valence-electron chi connectivity index (χ0n) is 12.5. The Balaban J connectivity index is 1.94. The molecule has 0 aromatic carbocycles. The molecule has 19 heavy (non-hydrogen) atoms. The lowest BCUT2D eigenvalue weighted by Crippen LogP contribution is -2.35. The summed E-state index contributed by atoms with van der Waals surface area (Å²) in [5, 5.41) is 3.16. The van der Waals surface area contributed by atoms with Gasteiger partial charge in [0.05, 0.1) is 11.4 Å². The zero-order chi connectivity index (χ0) is 13.7. The summed E-state index contributed by atoms with van der Waals surface area (Å²) in [6.07, 6.45) is 5.47. The second-order valence-corrected chi connectivity index (χ2v) is 5.99. The van der Waals surface area contributed by atoms with Gasteiger partial charge in [0.2, 0.25) is 0 Å². The third kappa shape index (κ3) is 4.29. The van der Waals surface area contributed by atoms with E-state index in [9.17, 15) is 0 Å². The number of hydrogen-bond donors (Lipinski definition) is 1. The molecule has 0 saturated heterocycles. The van der Waals surface area contributed by atoms with E-state index in [0.29, 0.717) is 0 Å². The quantitative estimate of drug-likeness (QED) is 0.883. The number of aromatic nitrogens is 1. The fourth-order valence-corrected chi connectivity index (χ4v) is 3.08. The normalized spacial score (nSPS) is 23.8. The molecule has 1 heterocycles. The van der Waals surface area contributed by atoms with Gasteiger partial charge in [0, 0.05) is 19.1 Å². The van der Waals surface area contributed by atoms with Gasteiger partial charge in [-0.05, 0) is 45.0 Å². The molecule has 0 amide bonds. The molecule has 3 heteroatoms. The van der Waals surface area contributed by atoms with Crippen LogP contribution in [0.25, 0.3) is 0 Å². The van der Waals surface area contributed by atoms with Crippen LogP contribution in [0.2, 0.25) is 0 Å². The van der Waals surface area contributed by atoms with Crippen molar-refractivity contribution >= 4 is 0 Å². The monoisotopic (exact) mass is 261 g/mol. The fraction of sp³-hybridized carbons (Fsp3) is 0.688. The molecule has 106 valence electrons. The molecule has 0 bridgehead atoms. The minimum Gasteiger partial charge on any atom is -0.314 e. The molecule has 3 nitrogen and oxygen atoms in total. The lowest BCUT2D eigenvalue weighted by molar-refractivity contribution is 0.156. The Bertz CT molecular complexity index is 391. The third-order valence-electron chi connectivity index (χ3n) is 4.17. The number of nitrogens with one attached hydrogen (secondary N) is 1. The van der Waals surface area contributed by atoms with Crippen molar-refractivity contribution < 1.29 is 0 Å². The number of rotatable bonds is 5. The first-order valence-corrected chi connectivity index (χ1v) is 7.48. The van der Waals surface area contributed by atoms with Crippen molar-refractivity contribution in [1.82, 2.24) is 15.2 Å². The molecule has 1 aromatic rings. The molecule has 1 aliphatic carbocycles. The van der Waals surface area contributed by atoms with Crippen LogP contribution in [0.1, 0.15) is 44.0 Å². The van der Waals surface area contributed by atoms with Crippen molar-refractivity contribution in [3.05, 3.63) is 29.6 Å². The van der Waals surface area contributed by atoms with Crippen LogP contribution >= 0.6 is 0 Å². The van der Waals surface area contributed by atoms with Gasteiger partial charge in [-0.25, -0.2) is 0 Å². The lowest BCUT2D eigenvalue weighted by atomic mass is 9.86. The highest BCUT2D eigenvalue weighted by molar-refractivity contribution is 5.11. The molecular formula is C16H27N3. The Morgan fingerprint density at radius 2 is 2.11 bits per heavy atom. The van der Waals surface area contributed by atoms with Crippen LogP contribution in [-0.4, -0.2) is 30.0 Å². The second kappa shape index (κ2) is 7.01. The van der Waals surface area contributed by atoms with Crippen molar-refractivity contribution in [1.29, 1.82) is 0 Å². The van der Waals surface area contributed by atoms with Gasteiger partial charge in [-0.3, -0.25) is 9.88 Å². The molecule has 2 rings (SSSR count). The van der Waals surface area contributed by atoms with E-state index < -0.39 is 0 Å². The maximum atomic E-state index is 4.71. The van der Waals surface area contributed by atoms with E-state index in [1.165, 1.54) is 31.4 Å². The standard InChI is InChI=1S/C16H27N3/c1-13-6-4-9-16(10-13)19(3)12-15-8-5-7-14(18-15)11-17-2/h5,7-8,13,16-17H,4,6,9-12H2,1-3H3. The van der Waals surface area contributed by atoms with E-state index in [-0.39, 0.29) is 0 Å². The summed E-state index contributed by atoms with van der Waals surface area (Å²) >= 11 is 0. The van der Waals surface area contributed by atoms with Gasteiger partial charge in [0.25, 0.3) is 0 Å². The van der Waals surface area contributed by atoms with Crippen molar-refractivity contribution in [2.75, 3.05) is 14.1 Å². The highest BCUT2D eigenvalue weighted by Crippen LogP contribution is 2.27. The summed E-state index contributed by atoms with van der Waals surface area (Å²) < 4.78 is 0. The molecule has 1 aromatic heterocycles. The number of nitrogens with zero attached hydrogens (tertiary/aromatic N) is 2. The first-order chi connectivity index (χ1) is 9.19. The summed E-state index contributed by atoms with van der Waals surface area (Å²) in [6, 6.07) is 7.08. The third-order valence-corrected chi connectivity index (χ3v) is 4.17. The van der Waals surface area contributed by atoms with E-state index >= 15 is 0 Å². The van der Waals surface area contributed by atoms with Crippen LogP contribution < -0.4 is 5.32 Å². The highest BCUT2D eigenvalue weighted by Gasteiger charge is 2.22. The lowest BCUT2D eigenvalue weighted by Gasteiger charge is -2.34. The maximum absolute atomic E-state index is 4.71. The molecule has 0 spiro atoms. The topological polar surface area (TPSA) is 28.2 Å². The van der Waals surface area contributed by atoms with Gasteiger partial charge in [0.1, 0.15) is 0 Å². The summed E-state index contributed by atoms with van der Waals surface area (Å²) in [5.41, 5.74) is 2.32. The Morgan fingerprint density at radius 1 is 1.32 bits per heavy atom. The minimum absolute atomic E-state index is 0.735. The first kappa shape index (κ1) is 14.5. The predicted molar refractivity (Wildman–Crippen MR) is 79.9 cm³/mol. The van der Waals surface area contributed by atoms with E-state index in [1.54, 1.807) is 0 Å². The zero-order valence-corrected chi connectivity index (χ0v) is 12.5. The van der Waals surface area contributed by atoms with Gasteiger partial charge in [-0.2, -0.15) is 0 Å². The van der Waals surface area contributed by atoms with E-state index in [4.69, 9.17) is 4.98 Å². The molecule has 0 radical (unpaired) electrons. The number of pyridine rings is 1. The molecule has 1 N–H and O–H groups in total. The van der Waals surface area contributed by atoms with Crippen molar-refractivity contribution in [2.45, 2.75) is 51.7 Å². The summed E-state index contributed by atoms with van der Waals surface area (Å²) in [6.45, 7) is 4.19. The van der Waals surface area contributed by atoms with Crippen LogP contribution in [0.3, 0.4) is 0 Å². The molecule has 2 atom stereocenters. The maximum Gasteiger partial charge on any atom is 0.0547 e. The van der Waals surface area contributed by atoms with Crippen LogP contribution in [-0.2, 0) is 13.1 Å².